The fraction of sp³-hybridized carbons (Fsp3) is 0.538. The third-order valence-corrected chi connectivity index (χ3v) is 8.01. The summed E-state index contributed by atoms with van der Waals surface area (Å²) in [7, 11) is 3.53. The summed E-state index contributed by atoms with van der Waals surface area (Å²) in [5.41, 5.74) is 4.99. The highest BCUT2D eigenvalue weighted by Gasteiger charge is 2.53. The maximum atomic E-state index is 5.60. The number of hydrogen-bond donors (Lipinski definition) is 0. The Labute approximate surface area is 187 Å². The van der Waals surface area contributed by atoms with Crippen molar-refractivity contribution in [2.45, 2.75) is 56.4 Å². The van der Waals surface area contributed by atoms with Crippen molar-refractivity contribution < 1.29 is 9.47 Å². The van der Waals surface area contributed by atoms with Crippen LogP contribution in [0.15, 0.2) is 42.5 Å². The van der Waals surface area contributed by atoms with Gasteiger partial charge in [0.1, 0.15) is 11.5 Å². The smallest absolute Gasteiger partial charge is 0.119 e. The van der Waals surface area contributed by atoms with Crippen LogP contribution in [0, 0.1) is 5.92 Å². The number of methoxy groups -OCH3 is 2. The third kappa shape index (κ3) is 3.61. The van der Waals surface area contributed by atoms with Gasteiger partial charge >= 0.3 is 0 Å². The Hall–Kier alpha value is -1.71. The van der Waals surface area contributed by atoms with E-state index in [0.29, 0.717) is 11.5 Å². The van der Waals surface area contributed by atoms with E-state index in [1.807, 2.05) is 0 Å². The molecule has 2 aliphatic carbocycles. The molecule has 3 atom stereocenters. The van der Waals surface area contributed by atoms with Gasteiger partial charge in [-0.3, -0.25) is 4.90 Å². The monoisotopic (exact) mass is 427 g/mol. The number of halogens is 1. The molecule has 1 saturated heterocycles. The zero-order valence-electron chi connectivity index (χ0n) is 18.2. The molecule has 1 saturated carbocycles. The molecule has 4 heteroatoms. The molecule has 2 aromatic carbocycles. The van der Waals surface area contributed by atoms with Crippen LogP contribution in [0.4, 0.5) is 0 Å². The second-order valence-electron chi connectivity index (χ2n) is 9.19. The van der Waals surface area contributed by atoms with Crippen LogP contribution in [0.5, 0.6) is 11.5 Å². The Bertz CT molecular complexity index is 868. The number of nitrogens with zero attached hydrogens (tertiary/aromatic N) is 1. The van der Waals surface area contributed by atoms with Gasteiger partial charge in [-0.15, -0.1) is 12.4 Å². The minimum atomic E-state index is 0. The lowest BCUT2D eigenvalue weighted by Gasteiger charge is -2.59. The minimum absolute atomic E-state index is 0. The first-order valence-corrected chi connectivity index (χ1v) is 11.3. The lowest BCUT2D eigenvalue weighted by molar-refractivity contribution is -0.0106. The number of ether oxygens (including phenoxy) is 2. The fourth-order valence-electron chi connectivity index (χ4n) is 6.53. The van der Waals surface area contributed by atoms with Crippen LogP contribution in [-0.2, 0) is 18.3 Å². The first-order valence-electron chi connectivity index (χ1n) is 11.3. The van der Waals surface area contributed by atoms with Crippen molar-refractivity contribution in [3.05, 3.63) is 59.2 Å². The molecule has 3 nitrogen and oxygen atoms in total. The van der Waals surface area contributed by atoms with Gasteiger partial charge in [0.05, 0.1) is 14.2 Å². The maximum absolute atomic E-state index is 5.60. The number of hydrogen-bond acceptors (Lipinski definition) is 3. The maximum Gasteiger partial charge on any atom is 0.119 e. The molecule has 5 rings (SSSR count). The number of likely N-dealkylation sites (tertiary alicyclic amines) is 1. The Morgan fingerprint density at radius 2 is 1.73 bits per heavy atom. The molecule has 1 aliphatic heterocycles. The van der Waals surface area contributed by atoms with E-state index in [9.17, 15) is 0 Å². The summed E-state index contributed by atoms with van der Waals surface area (Å²) in [4.78, 5) is 2.81. The minimum Gasteiger partial charge on any atom is -0.497 e. The van der Waals surface area contributed by atoms with E-state index >= 15 is 0 Å². The molecule has 0 unspecified atom stereocenters. The molecule has 0 N–H and O–H groups in total. The van der Waals surface area contributed by atoms with Gasteiger partial charge in [-0.25, -0.2) is 0 Å². The number of fused-ring (bicyclic) bond motifs is 1. The second kappa shape index (κ2) is 8.80. The van der Waals surface area contributed by atoms with Crippen LogP contribution in [-0.4, -0.2) is 38.3 Å². The third-order valence-electron chi connectivity index (χ3n) is 8.01. The van der Waals surface area contributed by atoms with Gasteiger partial charge in [-0.2, -0.15) is 0 Å². The Balaban J connectivity index is 0.00000218. The van der Waals surface area contributed by atoms with Gasteiger partial charge in [-0.05, 0) is 85.5 Å². The van der Waals surface area contributed by atoms with Gasteiger partial charge in [0.2, 0.25) is 0 Å². The highest BCUT2D eigenvalue weighted by atomic mass is 35.5. The number of piperidine rings is 1. The van der Waals surface area contributed by atoms with Gasteiger partial charge in [0.15, 0.2) is 0 Å². The SMILES string of the molecule is COc1ccc(CCN2CC[C@]34CCCC[C@H]3[C@H]2Cc2ccc(OC)cc24)cc1.Cl. The van der Waals surface area contributed by atoms with Gasteiger partial charge in [0, 0.05) is 18.0 Å². The van der Waals surface area contributed by atoms with E-state index in [2.05, 4.69) is 47.4 Å². The average molecular weight is 428 g/mol. The zero-order valence-corrected chi connectivity index (χ0v) is 19.0. The van der Waals surface area contributed by atoms with Crippen molar-refractivity contribution in [2.24, 2.45) is 5.92 Å². The molecule has 1 heterocycles. The van der Waals surface area contributed by atoms with E-state index < -0.39 is 0 Å². The van der Waals surface area contributed by atoms with Crippen LogP contribution in [0.2, 0.25) is 0 Å². The topological polar surface area (TPSA) is 21.7 Å². The van der Waals surface area contributed by atoms with Crippen molar-refractivity contribution >= 4 is 12.4 Å². The highest BCUT2D eigenvalue weighted by molar-refractivity contribution is 5.85. The molecule has 0 radical (unpaired) electrons. The summed E-state index contributed by atoms with van der Waals surface area (Å²) < 4.78 is 10.9. The Morgan fingerprint density at radius 1 is 0.967 bits per heavy atom. The van der Waals surface area contributed by atoms with Gasteiger partial charge in [0.25, 0.3) is 0 Å². The van der Waals surface area contributed by atoms with Gasteiger partial charge < -0.3 is 9.47 Å². The van der Waals surface area contributed by atoms with Crippen LogP contribution < -0.4 is 9.47 Å². The quantitative estimate of drug-likeness (QED) is 0.635. The van der Waals surface area contributed by atoms with E-state index in [0.717, 1.165) is 30.4 Å². The molecule has 2 aromatic rings. The summed E-state index contributed by atoms with van der Waals surface area (Å²) in [6.07, 6.45) is 9.16. The fourth-order valence-corrected chi connectivity index (χ4v) is 6.53. The highest BCUT2D eigenvalue weighted by Crippen LogP contribution is 2.56. The van der Waals surface area contributed by atoms with E-state index in [-0.39, 0.29) is 12.4 Å². The summed E-state index contributed by atoms with van der Waals surface area (Å²) >= 11 is 0. The molecule has 0 aromatic heterocycles. The van der Waals surface area contributed by atoms with Crippen molar-refractivity contribution in [1.82, 2.24) is 4.90 Å². The molecule has 162 valence electrons. The van der Waals surface area contributed by atoms with Crippen molar-refractivity contribution in [1.29, 1.82) is 0 Å². The van der Waals surface area contributed by atoms with Crippen LogP contribution in [0.25, 0.3) is 0 Å². The van der Waals surface area contributed by atoms with Gasteiger partial charge in [-0.1, -0.05) is 31.0 Å². The lowest BCUT2D eigenvalue weighted by Crippen LogP contribution is -2.61. The standard InChI is InChI=1S/C26H33NO2.ClH/c1-28-21-9-6-19(7-10-21)12-15-27-16-14-26-13-4-3-5-23(26)25(27)17-20-8-11-22(29-2)18-24(20)26;/h6-11,18,23,25H,3-5,12-17H2,1-2H3;1H/t23-,25+,26+;/m0./s1. The molecular weight excluding hydrogens is 394 g/mol. The summed E-state index contributed by atoms with van der Waals surface area (Å²) in [6, 6.07) is 16.2. The normalized spacial score (nSPS) is 27.4. The molecule has 0 amide bonds. The lowest BCUT2D eigenvalue weighted by atomic mass is 9.52. The number of rotatable bonds is 5. The van der Waals surface area contributed by atoms with Crippen molar-refractivity contribution in [3.63, 3.8) is 0 Å². The van der Waals surface area contributed by atoms with E-state index in [1.165, 1.54) is 50.6 Å². The van der Waals surface area contributed by atoms with Crippen molar-refractivity contribution in [3.8, 4) is 11.5 Å². The predicted octanol–water partition coefficient (Wildman–Crippen LogP) is 5.43. The molecule has 30 heavy (non-hydrogen) atoms. The van der Waals surface area contributed by atoms with Crippen LogP contribution in [0.3, 0.4) is 0 Å². The first kappa shape index (κ1) is 21.5. The van der Waals surface area contributed by atoms with Crippen LogP contribution >= 0.6 is 12.4 Å². The predicted molar refractivity (Wildman–Crippen MR) is 124 cm³/mol. The molecule has 0 spiro atoms. The molecule has 2 fully saturated rings. The van der Waals surface area contributed by atoms with E-state index in [4.69, 9.17) is 9.47 Å². The second-order valence-corrected chi connectivity index (χ2v) is 9.19. The zero-order chi connectivity index (χ0) is 19.8. The molecular formula is C26H34ClNO2. The van der Waals surface area contributed by atoms with E-state index in [1.54, 1.807) is 25.3 Å². The Morgan fingerprint density at radius 3 is 2.50 bits per heavy atom. The number of benzene rings is 2. The molecule has 3 aliphatic rings. The summed E-state index contributed by atoms with van der Waals surface area (Å²) in [6.45, 7) is 2.39. The summed E-state index contributed by atoms with van der Waals surface area (Å²) in [5, 5.41) is 0. The Kier molecular flexibility index (Phi) is 6.31. The largest absolute Gasteiger partial charge is 0.497 e. The van der Waals surface area contributed by atoms with Crippen molar-refractivity contribution in [2.75, 3.05) is 27.3 Å². The average Bonchev–Trinajstić information content (AvgIpc) is 2.78. The first-order chi connectivity index (χ1) is 14.2. The van der Waals surface area contributed by atoms with Crippen LogP contribution in [0.1, 0.15) is 48.8 Å². The molecule has 2 bridgehead atoms. The summed E-state index contributed by atoms with van der Waals surface area (Å²) in [5.74, 6) is 2.78.